The van der Waals surface area contributed by atoms with Gasteiger partial charge in [-0.3, -0.25) is 0 Å². The van der Waals surface area contributed by atoms with E-state index in [1.54, 1.807) is 18.7 Å². The molecule has 1 aliphatic rings. The lowest BCUT2D eigenvalue weighted by molar-refractivity contribution is -0.144. The second-order valence-corrected chi connectivity index (χ2v) is 4.79. The molecule has 0 saturated carbocycles. The molecular formula is C15H21FN2O3S. The number of esters is 1. The minimum atomic E-state index is -0.630. The van der Waals surface area contributed by atoms with Crippen molar-refractivity contribution in [1.82, 2.24) is 0 Å². The highest BCUT2D eigenvalue weighted by molar-refractivity contribution is 7.80. The minimum absolute atomic E-state index is 0.0295. The van der Waals surface area contributed by atoms with E-state index >= 15 is 0 Å². The van der Waals surface area contributed by atoms with Crippen LogP contribution in [0.3, 0.4) is 0 Å². The molecule has 1 unspecified atom stereocenters. The quantitative estimate of drug-likeness (QED) is 0.523. The smallest absolute Gasteiger partial charge is 0.328 e. The molecule has 0 bridgehead atoms. The van der Waals surface area contributed by atoms with Crippen LogP contribution in [-0.2, 0) is 9.53 Å². The van der Waals surface area contributed by atoms with Gasteiger partial charge in [0.25, 0.3) is 0 Å². The Balaban J connectivity index is 0.00000116. The van der Waals surface area contributed by atoms with Crippen LogP contribution in [0.15, 0.2) is 12.1 Å². The highest BCUT2D eigenvalue weighted by Gasteiger charge is 2.32. The van der Waals surface area contributed by atoms with E-state index in [0.29, 0.717) is 16.4 Å². The predicted octanol–water partition coefficient (Wildman–Crippen LogP) is 2.91. The summed E-state index contributed by atoms with van der Waals surface area (Å²) in [6.45, 7) is 7.77. The van der Waals surface area contributed by atoms with Gasteiger partial charge in [0, 0.05) is 6.07 Å². The molecule has 1 aromatic rings. The normalized spacial score (nSPS) is 14.2. The van der Waals surface area contributed by atoms with E-state index in [4.69, 9.17) is 27.4 Å². The Morgan fingerprint density at radius 2 is 2.18 bits per heavy atom. The molecule has 122 valence electrons. The van der Waals surface area contributed by atoms with Crippen LogP contribution in [0.1, 0.15) is 27.7 Å². The summed E-state index contributed by atoms with van der Waals surface area (Å²) in [6.07, 6.45) is 0. The zero-order valence-electron chi connectivity index (χ0n) is 13.2. The van der Waals surface area contributed by atoms with Gasteiger partial charge in [0.05, 0.1) is 18.0 Å². The van der Waals surface area contributed by atoms with Crippen LogP contribution in [0.4, 0.5) is 15.8 Å². The predicted molar refractivity (Wildman–Crippen MR) is 88.8 cm³/mol. The van der Waals surface area contributed by atoms with Crippen LogP contribution < -0.4 is 15.4 Å². The number of benzene rings is 1. The van der Waals surface area contributed by atoms with Gasteiger partial charge in [0.1, 0.15) is 29.2 Å². The van der Waals surface area contributed by atoms with Crippen molar-refractivity contribution in [2.45, 2.75) is 33.7 Å². The number of nitrogens with zero attached hydrogens (tertiary/aromatic N) is 1. The monoisotopic (exact) mass is 328 g/mol. The summed E-state index contributed by atoms with van der Waals surface area (Å²) in [5.74, 6) is -0.674. The first kappa shape index (κ1) is 18.2. The number of anilines is 2. The first-order chi connectivity index (χ1) is 10.5. The van der Waals surface area contributed by atoms with Crippen molar-refractivity contribution in [3.05, 3.63) is 17.9 Å². The van der Waals surface area contributed by atoms with E-state index in [1.165, 1.54) is 12.1 Å². The van der Waals surface area contributed by atoms with E-state index in [-0.39, 0.29) is 18.9 Å². The van der Waals surface area contributed by atoms with Crippen molar-refractivity contribution in [1.29, 1.82) is 0 Å². The molecule has 7 heteroatoms. The van der Waals surface area contributed by atoms with Crippen LogP contribution >= 0.6 is 12.2 Å². The van der Waals surface area contributed by atoms with Crippen molar-refractivity contribution in [2.75, 3.05) is 23.8 Å². The van der Waals surface area contributed by atoms with Crippen LogP contribution in [0.25, 0.3) is 0 Å². The molecule has 0 aromatic heterocycles. The molecule has 5 nitrogen and oxygen atoms in total. The van der Waals surface area contributed by atoms with E-state index in [0.717, 1.165) is 0 Å². The molecule has 0 fully saturated rings. The minimum Gasteiger partial charge on any atom is -0.484 e. The largest absolute Gasteiger partial charge is 0.484 e. The molecule has 1 atom stereocenters. The first-order valence-electron chi connectivity index (χ1n) is 7.16. The fourth-order valence-electron chi connectivity index (χ4n) is 2.00. The zero-order valence-corrected chi connectivity index (χ0v) is 14.0. The number of carbonyl (C=O) groups is 1. The maximum atomic E-state index is 13.5. The summed E-state index contributed by atoms with van der Waals surface area (Å²) < 4.78 is 23.8. The summed E-state index contributed by atoms with van der Waals surface area (Å²) >= 11 is 5.22. The maximum Gasteiger partial charge on any atom is 0.328 e. The van der Waals surface area contributed by atoms with Gasteiger partial charge in [-0.1, -0.05) is 26.1 Å². The summed E-state index contributed by atoms with van der Waals surface area (Å²) in [5, 5.41) is 0. The van der Waals surface area contributed by atoms with Gasteiger partial charge in [-0.25, -0.2) is 9.18 Å². The highest BCUT2D eigenvalue weighted by atomic mass is 32.1. The third-order valence-corrected chi connectivity index (χ3v) is 3.29. The molecule has 2 N–H and O–H groups in total. The average Bonchev–Trinajstić information content (AvgIpc) is 2.50. The number of hydrogen-bond donors (Lipinski definition) is 1. The lowest BCUT2D eigenvalue weighted by atomic mass is 10.1. The van der Waals surface area contributed by atoms with Gasteiger partial charge >= 0.3 is 5.97 Å². The number of rotatable bonds is 3. The molecule has 0 amide bonds. The second-order valence-electron chi connectivity index (χ2n) is 4.32. The Morgan fingerprint density at radius 1 is 1.55 bits per heavy atom. The molecular weight excluding hydrogens is 307 g/mol. The van der Waals surface area contributed by atoms with E-state index in [1.807, 2.05) is 13.8 Å². The van der Waals surface area contributed by atoms with Crippen LogP contribution in [0.5, 0.6) is 5.75 Å². The van der Waals surface area contributed by atoms with E-state index in [2.05, 4.69) is 0 Å². The number of fused-ring (bicyclic) bond motifs is 1. The fourth-order valence-corrected chi connectivity index (χ4v) is 2.32. The van der Waals surface area contributed by atoms with Crippen molar-refractivity contribution < 1.29 is 18.7 Å². The van der Waals surface area contributed by atoms with Gasteiger partial charge in [-0.05, 0) is 19.9 Å². The Morgan fingerprint density at radius 3 is 2.77 bits per heavy atom. The molecule has 0 saturated heterocycles. The summed E-state index contributed by atoms with van der Waals surface area (Å²) in [5.41, 5.74) is 6.01. The fraction of sp³-hybridized carbons (Fsp3) is 0.467. The van der Waals surface area contributed by atoms with Gasteiger partial charge in [0.2, 0.25) is 0 Å². The van der Waals surface area contributed by atoms with E-state index in [9.17, 15) is 9.18 Å². The molecule has 0 radical (unpaired) electrons. The Hall–Kier alpha value is -1.89. The molecule has 22 heavy (non-hydrogen) atoms. The molecule has 1 heterocycles. The number of halogens is 1. The number of carbonyl (C=O) groups excluding carboxylic acids is 1. The molecule has 0 spiro atoms. The SMILES string of the molecule is CC.CCOC(=O)C(C)N1C(=S)COc2cc(F)c(N)cc21. The summed E-state index contributed by atoms with van der Waals surface area (Å²) in [6, 6.07) is 1.97. The Bertz CT molecular complexity index is 566. The first-order valence-corrected chi connectivity index (χ1v) is 7.57. The van der Waals surface area contributed by atoms with Gasteiger partial charge < -0.3 is 20.1 Å². The highest BCUT2D eigenvalue weighted by Crippen LogP contribution is 2.37. The number of ether oxygens (including phenoxy) is 2. The maximum absolute atomic E-state index is 13.5. The van der Waals surface area contributed by atoms with Crippen molar-refractivity contribution in [2.24, 2.45) is 0 Å². The van der Waals surface area contributed by atoms with Crippen molar-refractivity contribution >= 4 is 34.6 Å². The third-order valence-electron chi connectivity index (χ3n) is 2.97. The average molecular weight is 328 g/mol. The zero-order chi connectivity index (χ0) is 16.9. The Kier molecular flexibility index (Phi) is 6.55. The van der Waals surface area contributed by atoms with Gasteiger partial charge in [0.15, 0.2) is 0 Å². The number of thiocarbonyl (C=S) groups is 1. The summed E-state index contributed by atoms with van der Waals surface area (Å²) in [4.78, 5) is 13.9. The van der Waals surface area contributed by atoms with Crippen LogP contribution in [-0.4, -0.2) is 30.2 Å². The number of nitrogens with two attached hydrogens (primary N) is 1. The van der Waals surface area contributed by atoms with Crippen LogP contribution in [0, 0.1) is 5.82 Å². The number of nitrogen functional groups attached to an aromatic ring is 1. The van der Waals surface area contributed by atoms with Crippen molar-refractivity contribution in [3.63, 3.8) is 0 Å². The third kappa shape index (κ3) is 3.65. The van der Waals surface area contributed by atoms with E-state index < -0.39 is 17.8 Å². The van der Waals surface area contributed by atoms with Gasteiger partial charge in [-0.2, -0.15) is 0 Å². The molecule has 1 aromatic carbocycles. The molecule has 0 aliphatic carbocycles. The van der Waals surface area contributed by atoms with Crippen LogP contribution in [0.2, 0.25) is 0 Å². The standard InChI is InChI=1S/C13H15FN2O3S.C2H6/c1-3-18-13(17)7(2)16-10-5-9(15)8(14)4-11(10)19-6-12(16)20;1-2/h4-5,7H,3,6,15H2,1-2H3;1-2H3. The molecule has 2 rings (SSSR count). The lowest BCUT2D eigenvalue weighted by Gasteiger charge is -2.35. The summed E-state index contributed by atoms with van der Waals surface area (Å²) in [7, 11) is 0. The van der Waals surface area contributed by atoms with Crippen molar-refractivity contribution in [3.8, 4) is 5.75 Å². The Labute approximate surface area is 135 Å². The lowest BCUT2D eigenvalue weighted by Crippen LogP contribution is -2.47. The second kappa shape index (κ2) is 7.93. The molecule has 1 aliphatic heterocycles. The number of hydrogen-bond acceptors (Lipinski definition) is 5. The van der Waals surface area contributed by atoms with Gasteiger partial charge in [-0.15, -0.1) is 0 Å². The topological polar surface area (TPSA) is 64.8 Å².